The monoisotopic (exact) mass is 366 g/mol. The third-order valence-electron chi connectivity index (χ3n) is 3.35. The fourth-order valence-corrected chi connectivity index (χ4v) is 2.70. The molecule has 0 atom stereocenters. The Balaban J connectivity index is 2.36. The van der Waals surface area contributed by atoms with Gasteiger partial charge in [-0.1, -0.05) is 23.2 Å². The zero-order chi connectivity index (χ0) is 17.7. The van der Waals surface area contributed by atoms with Gasteiger partial charge in [-0.2, -0.15) is 0 Å². The minimum Gasteiger partial charge on any atom is -0.493 e. The molecule has 0 saturated heterocycles. The highest BCUT2D eigenvalue weighted by atomic mass is 35.5. The maximum absolute atomic E-state index is 12.3. The topological polar surface area (TPSA) is 44.8 Å². The van der Waals surface area contributed by atoms with Gasteiger partial charge in [-0.25, -0.2) is 0 Å². The molecule has 126 valence electrons. The first-order valence-corrected chi connectivity index (χ1v) is 7.73. The summed E-state index contributed by atoms with van der Waals surface area (Å²) >= 11 is 11.9. The molecule has 6 heteroatoms. The first-order chi connectivity index (χ1) is 11.5. The van der Waals surface area contributed by atoms with Gasteiger partial charge in [0.2, 0.25) is 5.75 Å². The van der Waals surface area contributed by atoms with E-state index in [0.29, 0.717) is 38.4 Å². The minimum atomic E-state index is -0.242. The van der Waals surface area contributed by atoms with E-state index in [4.69, 9.17) is 37.4 Å². The Morgan fingerprint density at radius 3 is 2.25 bits per heavy atom. The van der Waals surface area contributed by atoms with Gasteiger partial charge >= 0.3 is 0 Å². The Hall–Kier alpha value is -2.17. The van der Waals surface area contributed by atoms with E-state index in [1.54, 1.807) is 37.5 Å². The summed E-state index contributed by atoms with van der Waals surface area (Å²) in [5, 5.41) is 0.776. The summed E-state index contributed by atoms with van der Waals surface area (Å²) in [5.41, 5.74) is 1.05. The molecule has 0 aliphatic rings. The van der Waals surface area contributed by atoms with Crippen LogP contribution in [0.5, 0.6) is 17.2 Å². The van der Waals surface area contributed by atoms with Crippen molar-refractivity contribution in [1.29, 1.82) is 0 Å². The van der Waals surface area contributed by atoms with Gasteiger partial charge in [0.05, 0.1) is 26.4 Å². The van der Waals surface area contributed by atoms with Gasteiger partial charge in [0.1, 0.15) is 0 Å². The zero-order valence-corrected chi connectivity index (χ0v) is 14.9. The van der Waals surface area contributed by atoms with Crippen molar-refractivity contribution in [1.82, 2.24) is 0 Å². The van der Waals surface area contributed by atoms with Crippen LogP contribution in [0.2, 0.25) is 10.0 Å². The number of methoxy groups -OCH3 is 3. The summed E-state index contributed by atoms with van der Waals surface area (Å²) in [4.78, 5) is 12.3. The summed E-state index contributed by atoms with van der Waals surface area (Å²) in [7, 11) is 4.58. The number of hydrogen-bond acceptors (Lipinski definition) is 4. The van der Waals surface area contributed by atoms with Crippen molar-refractivity contribution in [2.24, 2.45) is 0 Å². The van der Waals surface area contributed by atoms with Crippen LogP contribution < -0.4 is 14.2 Å². The third kappa shape index (κ3) is 3.83. The quantitative estimate of drug-likeness (QED) is 0.537. The fraction of sp³-hybridized carbons (Fsp3) is 0.167. The molecule has 0 aromatic heterocycles. The van der Waals surface area contributed by atoms with Gasteiger partial charge in [0.25, 0.3) is 0 Å². The van der Waals surface area contributed by atoms with Gasteiger partial charge < -0.3 is 14.2 Å². The summed E-state index contributed by atoms with van der Waals surface area (Å²) in [6.45, 7) is 0. The molecule has 24 heavy (non-hydrogen) atoms. The third-order valence-corrected chi connectivity index (χ3v) is 3.89. The second-order valence-corrected chi connectivity index (χ2v) is 5.59. The Morgan fingerprint density at radius 2 is 1.67 bits per heavy atom. The zero-order valence-electron chi connectivity index (χ0n) is 13.4. The highest BCUT2D eigenvalue weighted by Crippen LogP contribution is 2.40. The van der Waals surface area contributed by atoms with Gasteiger partial charge in [-0.3, -0.25) is 4.79 Å². The molecule has 2 aromatic carbocycles. The van der Waals surface area contributed by atoms with Crippen LogP contribution in [-0.2, 0) is 0 Å². The lowest BCUT2D eigenvalue weighted by atomic mass is 10.1. The highest BCUT2D eigenvalue weighted by molar-refractivity contribution is 6.37. The predicted molar refractivity (Wildman–Crippen MR) is 95.9 cm³/mol. The minimum absolute atomic E-state index is 0.242. The van der Waals surface area contributed by atoms with Crippen LogP contribution in [0.25, 0.3) is 6.08 Å². The van der Waals surface area contributed by atoms with E-state index in [-0.39, 0.29) is 5.78 Å². The van der Waals surface area contributed by atoms with Crippen molar-refractivity contribution in [3.05, 3.63) is 57.6 Å². The number of rotatable bonds is 6. The molecule has 0 spiro atoms. The lowest BCUT2D eigenvalue weighted by molar-refractivity contribution is 0.104. The molecule has 0 bridgehead atoms. The Morgan fingerprint density at radius 1 is 0.958 bits per heavy atom. The highest BCUT2D eigenvalue weighted by Gasteiger charge is 2.15. The van der Waals surface area contributed by atoms with E-state index < -0.39 is 0 Å². The van der Waals surface area contributed by atoms with Crippen LogP contribution in [0.4, 0.5) is 0 Å². The smallest absolute Gasteiger partial charge is 0.203 e. The summed E-state index contributed by atoms with van der Waals surface area (Å²) in [6, 6.07) is 8.24. The number of hydrogen-bond donors (Lipinski definition) is 0. The summed E-state index contributed by atoms with van der Waals surface area (Å²) in [5.74, 6) is 1.23. The maximum atomic E-state index is 12.3. The molecule has 0 fully saturated rings. The van der Waals surface area contributed by atoms with E-state index in [1.165, 1.54) is 26.4 Å². The number of allylic oxidation sites excluding steroid dienone is 1. The van der Waals surface area contributed by atoms with Crippen LogP contribution >= 0.6 is 23.2 Å². The second-order valence-electron chi connectivity index (χ2n) is 4.75. The molecule has 0 unspecified atom stereocenters. The number of ether oxygens (including phenoxy) is 3. The molecule has 2 aromatic rings. The van der Waals surface area contributed by atoms with E-state index in [2.05, 4.69) is 0 Å². The fourth-order valence-electron chi connectivity index (χ4n) is 2.20. The molecular formula is C18H16Cl2O4. The molecule has 0 amide bonds. The van der Waals surface area contributed by atoms with E-state index >= 15 is 0 Å². The molecule has 0 aliphatic heterocycles. The van der Waals surface area contributed by atoms with Gasteiger partial charge in [0.15, 0.2) is 17.3 Å². The standard InChI is InChI=1S/C18H16Cl2O4/c1-22-16-9-5-11(17(23-2)18(16)24-3)4-8-15(21)13-7-6-12(19)10-14(13)20/h4-10H,1-3H3/b8-4+. The molecule has 0 aliphatic carbocycles. The van der Waals surface area contributed by atoms with Crippen LogP contribution in [0, 0.1) is 0 Å². The summed E-state index contributed by atoms with van der Waals surface area (Å²) < 4.78 is 15.9. The van der Waals surface area contributed by atoms with Crippen molar-refractivity contribution >= 4 is 35.1 Å². The lowest BCUT2D eigenvalue weighted by Crippen LogP contribution is -1.98. The van der Waals surface area contributed by atoms with Crippen molar-refractivity contribution in [2.45, 2.75) is 0 Å². The predicted octanol–water partition coefficient (Wildman–Crippen LogP) is 4.92. The number of carbonyl (C=O) groups excluding carboxylic acids is 1. The van der Waals surface area contributed by atoms with Gasteiger partial charge in [-0.15, -0.1) is 0 Å². The van der Waals surface area contributed by atoms with Crippen LogP contribution in [0.15, 0.2) is 36.4 Å². The van der Waals surface area contributed by atoms with Crippen LogP contribution in [0.3, 0.4) is 0 Å². The van der Waals surface area contributed by atoms with Crippen molar-refractivity contribution < 1.29 is 19.0 Å². The number of ketones is 1. The normalized spacial score (nSPS) is 10.7. The van der Waals surface area contributed by atoms with Gasteiger partial charge in [-0.05, 0) is 42.5 Å². The largest absolute Gasteiger partial charge is 0.493 e. The lowest BCUT2D eigenvalue weighted by Gasteiger charge is -2.13. The first kappa shape index (κ1) is 18.2. The van der Waals surface area contributed by atoms with E-state index in [0.717, 1.165) is 0 Å². The van der Waals surface area contributed by atoms with Crippen molar-refractivity contribution in [3.8, 4) is 17.2 Å². The average Bonchev–Trinajstić information content (AvgIpc) is 2.58. The Bertz CT molecular complexity index is 785. The van der Waals surface area contributed by atoms with Crippen LogP contribution in [-0.4, -0.2) is 27.1 Å². The SMILES string of the molecule is COc1ccc(/C=C/C(=O)c2ccc(Cl)cc2Cl)c(OC)c1OC. The Labute approximate surface area is 150 Å². The molecule has 0 radical (unpaired) electrons. The number of halogens is 2. The second kappa shape index (κ2) is 8.08. The van der Waals surface area contributed by atoms with Gasteiger partial charge in [0, 0.05) is 16.1 Å². The van der Waals surface area contributed by atoms with Crippen molar-refractivity contribution in [3.63, 3.8) is 0 Å². The summed E-state index contributed by atoms with van der Waals surface area (Å²) in [6.07, 6.45) is 3.05. The average molecular weight is 367 g/mol. The molecule has 0 N–H and O–H groups in total. The number of benzene rings is 2. The van der Waals surface area contributed by atoms with E-state index in [1.807, 2.05) is 0 Å². The molecule has 0 heterocycles. The van der Waals surface area contributed by atoms with Crippen LogP contribution in [0.1, 0.15) is 15.9 Å². The van der Waals surface area contributed by atoms with E-state index in [9.17, 15) is 4.79 Å². The first-order valence-electron chi connectivity index (χ1n) is 6.98. The maximum Gasteiger partial charge on any atom is 0.203 e. The van der Waals surface area contributed by atoms with Crippen molar-refractivity contribution in [2.75, 3.05) is 21.3 Å². The molecule has 4 nitrogen and oxygen atoms in total. The number of carbonyl (C=O) groups is 1. The molecule has 0 saturated carbocycles. The molecular weight excluding hydrogens is 351 g/mol. The molecule has 2 rings (SSSR count). The Kier molecular flexibility index (Phi) is 6.12.